The van der Waals surface area contributed by atoms with Crippen molar-refractivity contribution in [2.24, 2.45) is 7.05 Å². The van der Waals surface area contributed by atoms with Gasteiger partial charge in [-0.05, 0) is 43.7 Å². The lowest BCUT2D eigenvalue weighted by molar-refractivity contribution is 0.528. The maximum absolute atomic E-state index is 4.53. The second kappa shape index (κ2) is 6.66. The molecule has 0 spiro atoms. The Bertz CT molecular complexity index is 559. The summed E-state index contributed by atoms with van der Waals surface area (Å²) in [7, 11) is 2.02. The smallest absolute Gasteiger partial charge is 0.0624 e. The van der Waals surface area contributed by atoms with E-state index in [0.717, 1.165) is 30.8 Å². The Morgan fingerprint density at radius 2 is 2.10 bits per heavy atom. The normalized spacial score (nSPS) is 12.6. The summed E-state index contributed by atoms with van der Waals surface area (Å²) in [6.45, 7) is 7.26. The van der Waals surface area contributed by atoms with Gasteiger partial charge in [0, 0.05) is 37.1 Å². The van der Waals surface area contributed by atoms with Crippen LogP contribution in [0.1, 0.15) is 42.5 Å². The summed E-state index contributed by atoms with van der Waals surface area (Å²) in [5.41, 5.74) is 4.77. The van der Waals surface area contributed by atoms with Crippen molar-refractivity contribution in [3.63, 3.8) is 0 Å². The van der Waals surface area contributed by atoms with Gasteiger partial charge in [0.05, 0.1) is 5.69 Å². The highest BCUT2D eigenvalue weighted by Crippen LogP contribution is 2.19. The minimum absolute atomic E-state index is 0.307. The van der Waals surface area contributed by atoms with E-state index >= 15 is 0 Å². The van der Waals surface area contributed by atoms with Crippen LogP contribution in [0.25, 0.3) is 0 Å². The highest BCUT2D eigenvalue weighted by Gasteiger charge is 2.14. The van der Waals surface area contributed by atoms with Crippen LogP contribution in [0.4, 0.5) is 0 Å². The standard InChI is InChI=1S/C16H24N4/c1-5-14-10-15(20(4)19-14)11-16(17-6-2)13-7-8-18-12(3)9-13/h7-10,16-17H,5-6,11H2,1-4H3. The van der Waals surface area contributed by atoms with Gasteiger partial charge in [0.1, 0.15) is 0 Å². The van der Waals surface area contributed by atoms with Crippen molar-refractivity contribution in [3.05, 3.63) is 47.0 Å². The van der Waals surface area contributed by atoms with E-state index in [1.54, 1.807) is 0 Å². The molecule has 0 saturated carbocycles. The molecule has 0 aliphatic heterocycles. The zero-order valence-electron chi connectivity index (χ0n) is 12.8. The van der Waals surface area contributed by atoms with Gasteiger partial charge >= 0.3 is 0 Å². The fourth-order valence-corrected chi connectivity index (χ4v) is 2.48. The Morgan fingerprint density at radius 1 is 1.30 bits per heavy atom. The fraction of sp³-hybridized carbons (Fsp3) is 0.500. The summed E-state index contributed by atoms with van der Waals surface area (Å²) in [5.74, 6) is 0. The summed E-state index contributed by atoms with van der Waals surface area (Å²) in [4.78, 5) is 4.28. The van der Waals surface area contributed by atoms with Crippen molar-refractivity contribution in [2.75, 3.05) is 6.54 Å². The number of pyridine rings is 1. The molecule has 0 saturated heterocycles. The Labute approximate surface area is 121 Å². The predicted octanol–water partition coefficient (Wildman–Crippen LogP) is 2.58. The van der Waals surface area contributed by atoms with Crippen molar-refractivity contribution in [1.29, 1.82) is 0 Å². The third kappa shape index (κ3) is 3.45. The lowest BCUT2D eigenvalue weighted by Crippen LogP contribution is -2.24. The van der Waals surface area contributed by atoms with Gasteiger partial charge in [0.15, 0.2) is 0 Å². The van der Waals surface area contributed by atoms with Gasteiger partial charge in [0.2, 0.25) is 0 Å². The first-order valence-electron chi connectivity index (χ1n) is 7.31. The minimum Gasteiger partial charge on any atom is -0.310 e. The van der Waals surface area contributed by atoms with E-state index in [4.69, 9.17) is 0 Å². The number of nitrogens with one attached hydrogen (secondary N) is 1. The van der Waals surface area contributed by atoms with Gasteiger partial charge in [0.25, 0.3) is 0 Å². The Balaban J connectivity index is 2.22. The number of hydrogen-bond acceptors (Lipinski definition) is 3. The molecule has 2 aromatic heterocycles. The first-order valence-corrected chi connectivity index (χ1v) is 7.31. The summed E-state index contributed by atoms with van der Waals surface area (Å²) in [6.07, 6.45) is 3.81. The molecule has 0 aromatic carbocycles. The van der Waals surface area contributed by atoms with Gasteiger partial charge in [-0.1, -0.05) is 13.8 Å². The molecular weight excluding hydrogens is 248 g/mol. The quantitative estimate of drug-likeness (QED) is 0.879. The predicted molar refractivity (Wildman–Crippen MR) is 81.7 cm³/mol. The summed E-state index contributed by atoms with van der Waals surface area (Å²) >= 11 is 0. The van der Waals surface area contributed by atoms with Crippen LogP contribution in [-0.4, -0.2) is 21.3 Å². The SMILES string of the molecule is CCNC(Cc1cc(CC)nn1C)c1ccnc(C)c1. The van der Waals surface area contributed by atoms with Crippen molar-refractivity contribution >= 4 is 0 Å². The van der Waals surface area contributed by atoms with Crippen molar-refractivity contribution in [2.45, 2.75) is 39.7 Å². The fourth-order valence-electron chi connectivity index (χ4n) is 2.48. The van der Waals surface area contributed by atoms with Gasteiger partial charge in [-0.25, -0.2) is 0 Å². The summed E-state index contributed by atoms with van der Waals surface area (Å²) < 4.78 is 2.00. The van der Waals surface area contributed by atoms with Crippen LogP contribution in [0.2, 0.25) is 0 Å². The van der Waals surface area contributed by atoms with Gasteiger partial charge in [-0.15, -0.1) is 0 Å². The van der Waals surface area contributed by atoms with E-state index in [1.807, 2.05) is 24.9 Å². The zero-order valence-corrected chi connectivity index (χ0v) is 12.8. The first-order chi connectivity index (χ1) is 9.63. The molecule has 4 nitrogen and oxygen atoms in total. The average Bonchev–Trinajstić information content (AvgIpc) is 2.79. The number of rotatable bonds is 6. The van der Waals surface area contributed by atoms with E-state index in [-0.39, 0.29) is 0 Å². The Morgan fingerprint density at radius 3 is 2.70 bits per heavy atom. The van der Waals surface area contributed by atoms with Gasteiger partial charge in [-0.3, -0.25) is 9.67 Å². The highest BCUT2D eigenvalue weighted by molar-refractivity contribution is 5.22. The summed E-state index contributed by atoms with van der Waals surface area (Å²) in [5, 5.41) is 8.09. The molecule has 0 radical (unpaired) electrons. The number of aromatic nitrogens is 3. The number of nitrogens with zero attached hydrogens (tertiary/aromatic N) is 3. The molecule has 2 rings (SSSR count). The molecule has 0 fully saturated rings. The lowest BCUT2D eigenvalue weighted by atomic mass is 10.0. The van der Waals surface area contributed by atoms with Crippen LogP contribution in [0.5, 0.6) is 0 Å². The molecule has 0 amide bonds. The van der Waals surface area contributed by atoms with E-state index in [9.17, 15) is 0 Å². The molecule has 0 bridgehead atoms. The molecule has 20 heavy (non-hydrogen) atoms. The zero-order chi connectivity index (χ0) is 14.5. The van der Waals surface area contributed by atoms with E-state index in [0.29, 0.717) is 6.04 Å². The summed E-state index contributed by atoms with van der Waals surface area (Å²) in [6, 6.07) is 6.77. The van der Waals surface area contributed by atoms with Crippen LogP contribution in [-0.2, 0) is 19.9 Å². The lowest BCUT2D eigenvalue weighted by Gasteiger charge is -2.18. The van der Waals surface area contributed by atoms with Crippen molar-refractivity contribution < 1.29 is 0 Å². The second-order valence-electron chi connectivity index (χ2n) is 5.15. The maximum Gasteiger partial charge on any atom is 0.0624 e. The molecule has 0 aliphatic rings. The Hall–Kier alpha value is -1.68. The van der Waals surface area contributed by atoms with Crippen LogP contribution >= 0.6 is 0 Å². The molecule has 1 unspecified atom stereocenters. The van der Waals surface area contributed by atoms with Gasteiger partial charge in [-0.2, -0.15) is 5.10 Å². The topological polar surface area (TPSA) is 42.7 Å². The minimum atomic E-state index is 0.307. The van der Waals surface area contributed by atoms with E-state index in [1.165, 1.54) is 11.3 Å². The third-order valence-corrected chi connectivity index (χ3v) is 3.58. The third-order valence-electron chi connectivity index (χ3n) is 3.58. The van der Waals surface area contributed by atoms with Crippen molar-refractivity contribution in [3.8, 4) is 0 Å². The molecule has 2 aromatic rings. The number of likely N-dealkylation sites (N-methyl/N-ethyl adjacent to an activating group) is 1. The molecule has 4 heteroatoms. The molecule has 2 heterocycles. The van der Waals surface area contributed by atoms with Gasteiger partial charge < -0.3 is 5.32 Å². The van der Waals surface area contributed by atoms with Crippen LogP contribution < -0.4 is 5.32 Å². The van der Waals surface area contributed by atoms with Crippen LogP contribution in [0, 0.1) is 6.92 Å². The number of hydrogen-bond donors (Lipinski definition) is 1. The number of aryl methyl sites for hydroxylation is 3. The molecule has 0 aliphatic carbocycles. The molecule has 108 valence electrons. The highest BCUT2D eigenvalue weighted by atomic mass is 15.3. The van der Waals surface area contributed by atoms with E-state index < -0.39 is 0 Å². The first kappa shape index (κ1) is 14.7. The molecular formula is C16H24N4. The maximum atomic E-state index is 4.53. The average molecular weight is 272 g/mol. The van der Waals surface area contributed by atoms with Crippen molar-refractivity contribution in [1.82, 2.24) is 20.1 Å². The van der Waals surface area contributed by atoms with E-state index in [2.05, 4.69) is 47.4 Å². The monoisotopic (exact) mass is 272 g/mol. The Kier molecular flexibility index (Phi) is 4.90. The second-order valence-corrected chi connectivity index (χ2v) is 5.15. The largest absolute Gasteiger partial charge is 0.310 e. The van der Waals surface area contributed by atoms with Crippen LogP contribution in [0.3, 0.4) is 0 Å². The van der Waals surface area contributed by atoms with Crippen LogP contribution in [0.15, 0.2) is 24.4 Å². The molecule has 1 atom stereocenters. The molecule has 1 N–H and O–H groups in total.